The molecule has 1 heterocycles. The minimum Gasteiger partial charge on any atom is -0.472 e. The Morgan fingerprint density at radius 3 is 2.20 bits per heavy atom. The fraction of sp³-hybridized carbons (Fsp3) is 0.714. The van der Waals surface area contributed by atoms with Crippen molar-refractivity contribution < 1.29 is 23.4 Å². The summed E-state index contributed by atoms with van der Waals surface area (Å²) in [6.07, 6.45) is 3.40. The van der Waals surface area contributed by atoms with E-state index in [0.29, 0.717) is 46.2 Å². The van der Waals surface area contributed by atoms with Crippen LogP contribution in [0.1, 0.15) is 5.56 Å². The van der Waals surface area contributed by atoms with Crippen LogP contribution in [0, 0.1) is 0 Å². The van der Waals surface area contributed by atoms with Crippen LogP contribution < -0.4 is 5.32 Å². The first kappa shape index (κ1) is 17.1. The number of hydrogen-bond donors (Lipinski definition) is 1. The highest BCUT2D eigenvalue weighted by Gasteiger charge is 1.94. The number of rotatable bonds is 14. The lowest BCUT2D eigenvalue weighted by Gasteiger charge is -2.07. The molecular weight excluding hydrogens is 262 g/mol. The van der Waals surface area contributed by atoms with Gasteiger partial charge < -0.3 is 28.7 Å². The normalized spacial score (nSPS) is 11.1. The second-order valence-electron chi connectivity index (χ2n) is 4.14. The molecule has 0 aliphatic rings. The molecule has 20 heavy (non-hydrogen) atoms. The number of methoxy groups -OCH3 is 1. The van der Waals surface area contributed by atoms with E-state index >= 15 is 0 Å². The molecule has 0 spiro atoms. The molecule has 6 nitrogen and oxygen atoms in total. The lowest BCUT2D eigenvalue weighted by molar-refractivity contribution is 0.00408. The molecule has 0 fully saturated rings. The van der Waals surface area contributed by atoms with Crippen LogP contribution in [-0.2, 0) is 25.5 Å². The van der Waals surface area contributed by atoms with Gasteiger partial charge in [-0.15, -0.1) is 0 Å². The summed E-state index contributed by atoms with van der Waals surface area (Å²) >= 11 is 0. The summed E-state index contributed by atoms with van der Waals surface area (Å²) < 4.78 is 25.9. The average molecular weight is 287 g/mol. The van der Waals surface area contributed by atoms with E-state index in [-0.39, 0.29) is 0 Å². The van der Waals surface area contributed by atoms with Crippen molar-refractivity contribution in [3.63, 3.8) is 0 Å². The van der Waals surface area contributed by atoms with E-state index in [1.54, 1.807) is 19.6 Å². The summed E-state index contributed by atoms with van der Waals surface area (Å²) in [6.45, 7) is 5.89. The molecule has 0 bridgehead atoms. The molecule has 0 amide bonds. The van der Waals surface area contributed by atoms with Gasteiger partial charge in [0.05, 0.1) is 58.8 Å². The van der Waals surface area contributed by atoms with Gasteiger partial charge in [-0.2, -0.15) is 0 Å². The highest BCUT2D eigenvalue weighted by molar-refractivity contribution is 5.04. The Morgan fingerprint density at radius 2 is 1.60 bits per heavy atom. The molecule has 116 valence electrons. The first-order valence-electron chi connectivity index (χ1n) is 6.87. The van der Waals surface area contributed by atoms with E-state index in [1.165, 1.54) is 0 Å². The Kier molecular flexibility index (Phi) is 11.2. The van der Waals surface area contributed by atoms with Gasteiger partial charge in [0.15, 0.2) is 0 Å². The van der Waals surface area contributed by atoms with Crippen molar-refractivity contribution in [1.29, 1.82) is 0 Å². The third-order valence-electron chi connectivity index (χ3n) is 2.51. The lowest BCUT2D eigenvalue weighted by atomic mass is 10.3. The van der Waals surface area contributed by atoms with Gasteiger partial charge >= 0.3 is 0 Å². The van der Waals surface area contributed by atoms with Crippen LogP contribution in [0.4, 0.5) is 0 Å². The van der Waals surface area contributed by atoms with Gasteiger partial charge in [0.25, 0.3) is 0 Å². The average Bonchev–Trinajstić information content (AvgIpc) is 2.97. The maximum absolute atomic E-state index is 5.43. The zero-order valence-corrected chi connectivity index (χ0v) is 12.1. The molecule has 0 aliphatic carbocycles. The number of ether oxygens (including phenoxy) is 4. The Bertz CT molecular complexity index is 292. The molecule has 1 aromatic rings. The third-order valence-corrected chi connectivity index (χ3v) is 2.51. The molecule has 0 aliphatic heterocycles. The standard InChI is InChI=1S/C14H25NO5/c1-16-6-7-18-10-11-19-9-8-17-5-3-15-12-14-2-4-20-13-14/h2,4,13,15H,3,5-12H2,1H3. The van der Waals surface area contributed by atoms with E-state index in [0.717, 1.165) is 18.7 Å². The summed E-state index contributed by atoms with van der Waals surface area (Å²) in [6, 6.07) is 1.94. The predicted octanol–water partition coefficient (Wildman–Crippen LogP) is 1.07. The van der Waals surface area contributed by atoms with Crippen LogP contribution in [0.3, 0.4) is 0 Å². The second-order valence-corrected chi connectivity index (χ2v) is 4.14. The fourth-order valence-corrected chi connectivity index (χ4v) is 1.45. The summed E-state index contributed by atoms with van der Waals surface area (Å²) in [5.74, 6) is 0. The monoisotopic (exact) mass is 287 g/mol. The van der Waals surface area contributed by atoms with Crippen molar-refractivity contribution in [3.05, 3.63) is 24.2 Å². The van der Waals surface area contributed by atoms with Gasteiger partial charge in [0, 0.05) is 25.8 Å². The maximum Gasteiger partial charge on any atom is 0.0947 e. The SMILES string of the molecule is COCCOCCOCCOCCNCc1ccoc1. The molecule has 1 rings (SSSR count). The summed E-state index contributed by atoms with van der Waals surface area (Å²) in [5.41, 5.74) is 1.14. The van der Waals surface area contributed by atoms with Crippen molar-refractivity contribution in [2.24, 2.45) is 0 Å². The highest BCUT2D eigenvalue weighted by Crippen LogP contribution is 1.97. The largest absolute Gasteiger partial charge is 0.472 e. The van der Waals surface area contributed by atoms with E-state index in [4.69, 9.17) is 23.4 Å². The minimum absolute atomic E-state index is 0.589. The molecular formula is C14H25NO5. The Balaban J connectivity index is 1.70. The number of hydrogen-bond acceptors (Lipinski definition) is 6. The summed E-state index contributed by atoms with van der Waals surface area (Å²) in [5, 5.41) is 3.26. The smallest absolute Gasteiger partial charge is 0.0947 e. The number of furan rings is 1. The molecule has 6 heteroatoms. The lowest BCUT2D eigenvalue weighted by Crippen LogP contribution is -2.20. The first-order valence-corrected chi connectivity index (χ1v) is 6.87. The number of nitrogens with one attached hydrogen (secondary N) is 1. The Hall–Kier alpha value is -0.920. The molecule has 1 N–H and O–H groups in total. The van der Waals surface area contributed by atoms with Crippen molar-refractivity contribution in [2.45, 2.75) is 6.54 Å². The summed E-state index contributed by atoms with van der Waals surface area (Å²) in [7, 11) is 1.65. The van der Waals surface area contributed by atoms with Crippen molar-refractivity contribution in [2.75, 3.05) is 59.9 Å². The van der Waals surface area contributed by atoms with E-state index in [9.17, 15) is 0 Å². The fourth-order valence-electron chi connectivity index (χ4n) is 1.45. The van der Waals surface area contributed by atoms with Crippen molar-refractivity contribution >= 4 is 0 Å². The maximum atomic E-state index is 5.43. The van der Waals surface area contributed by atoms with Gasteiger partial charge in [-0.05, 0) is 6.07 Å². The Morgan fingerprint density at radius 1 is 0.950 bits per heavy atom. The van der Waals surface area contributed by atoms with Gasteiger partial charge in [0.1, 0.15) is 0 Å². The minimum atomic E-state index is 0.589. The van der Waals surface area contributed by atoms with Crippen LogP contribution in [0.5, 0.6) is 0 Å². The van der Waals surface area contributed by atoms with Gasteiger partial charge in [-0.1, -0.05) is 0 Å². The van der Waals surface area contributed by atoms with Gasteiger partial charge in [-0.25, -0.2) is 0 Å². The van der Waals surface area contributed by atoms with E-state index < -0.39 is 0 Å². The third kappa shape index (κ3) is 9.94. The van der Waals surface area contributed by atoms with E-state index in [1.807, 2.05) is 6.07 Å². The van der Waals surface area contributed by atoms with Gasteiger partial charge in [0.2, 0.25) is 0 Å². The first-order chi connectivity index (χ1) is 9.93. The molecule has 0 saturated heterocycles. The molecule has 0 unspecified atom stereocenters. The highest BCUT2D eigenvalue weighted by atomic mass is 16.6. The van der Waals surface area contributed by atoms with Crippen LogP contribution in [0.15, 0.2) is 23.0 Å². The zero-order valence-electron chi connectivity index (χ0n) is 12.1. The molecule has 1 aromatic heterocycles. The van der Waals surface area contributed by atoms with Crippen molar-refractivity contribution in [1.82, 2.24) is 5.32 Å². The molecule has 0 aromatic carbocycles. The quantitative estimate of drug-likeness (QED) is 0.516. The topological polar surface area (TPSA) is 62.1 Å². The summed E-state index contributed by atoms with van der Waals surface area (Å²) in [4.78, 5) is 0. The van der Waals surface area contributed by atoms with Crippen LogP contribution >= 0.6 is 0 Å². The molecule has 0 radical (unpaired) electrons. The van der Waals surface area contributed by atoms with Crippen LogP contribution in [0.2, 0.25) is 0 Å². The van der Waals surface area contributed by atoms with Crippen LogP contribution in [0.25, 0.3) is 0 Å². The molecule has 0 atom stereocenters. The second kappa shape index (κ2) is 13.1. The van der Waals surface area contributed by atoms with E-state index in [2.05, 4.69) is 5.32 Å². The molecule has 0 saturated carbocycles. The predicted molar refractivity (Wildman–Crippen MR) is 74.7 cm³/mol. The Labute approximate surface area is 120 Å². The zero-order chi connectivity index (χ0) is 14.3. The van der Waals surface area contributed by atoms with Gasteiger partial charge in [-0.3, -0.25) is 0 Å². The van der Waals surface area contributed by atoms with Crippen molar-refractivity contribution in [3.8, 4) is 0 Å². The van der Waals surface area contributed by atoms with Crippen LogP contribution in [-0.4, -0.2) is 59.9 Å².